The van der Waals surface area contributed by atoms with Gasteiger partial charge in [-0.05, 0) is 35.7 Å². The Balaban J connectivity index is 2.16. The van der Waals surface area contributed by atoms with Crippen molar-refractivity contribution in [1.82, 2.24) is 4.98 Å². The van der Waals surface area contributed by atoms with Crippen LogP contribution in [-0.2, 0) is 0 Å². The van der Waals surface area contributed by atoms with E-state index in [2.05, 4.69) is 4.98 Å². The number of benzene rings is 2. The zero-order valence-electron chi connectivity index (χ0n) is 9.40. The number of halogens is 2. The molecule has 1 nitrogen and oxygen atoms in total. The summed E-state index contributed by atoms with van der Waals surface area (Å²) in [6, 6.07) is 14.0. The van der Waals surface area contributed by atoms with E-state index in [0.29, 0.717) is 5.02 Å². The van der Waals surface area contributed by atoms with Crippen molar-refractivity contribution in [2.24, 2.45) is 0 Å². The SMILES string of the molecule is Fc1cccc(-c2cc3ccc(Cl)cc3cn2)c1. The molecule has 18 heavy (non-hydrogen) atoms. The number of hydrogen-bond donors (Lipinski definition) is 0. The Morgan fingerprint density at radius 3 is 2.67 bits per heavy atom. The molecule has 1 aromatic heterocycles. The molecule has 1 heterocycles. The van der Waals surface area contributed by atoms with Crippen LogP contribution in [0.25, 0.3) is 22.0 Å². The second kappa shape index (κ2) is 4.39. The average molecular weight is 258 g/mol. The van der Waals surface area contributed by atoms with Gasteiger partial charge in [-0.25, -0.2) is 4.39 Å². The monoisotopic (exact) mass is 257 g/mol. The Bertz CT molecular complexity index is 725. The van der Waals surface area contributed by atoms with Gasteiger partial charge in [-0.1, -0.05) is 29.8 Å². The molecule has 88 valence electrons. The van der Waals surface area contributed by atoms with Crippen molar-refractivity contribution in [3.8, 4) is 11.3 Å². The zero-order valence-corrected chi connectivity index (χ0v) is 10.2. The largest absolute Gasteiger partial charge is 0.256 e. The van der Waals surface area contributed by atoms with E-state index in [1.807, 2.05) is 30.3 Å². The maximum atomic E-state index is 13.2. The molecule has 0 saturated heterocycles. The van der Waals surface area contributed by atoms with E-state index in [1.165, 1.54) is 12.1 Å². The molecule has 3 heteroatoms. The smallest absolute Gasteiger partial charge is 0.123 e. The minimum Gasteiger partial charge on any atom is -0.256 e. The van der Waals surface area contributed by atoms with Gasteiger partial charge in [0.2, 0.25) is 0 Å². The third-order valence-electron chi connectivity index (χ3n) is 2.80. The molecule has 0 N–H and O–H groups in total. The van der Waals surface area contributed by atoms with E-state index < -0.39 is 0 Å². The summed E-state index contributed by atoms with van der Waals surface area (Å²) < 4.78 is 13.2. The molecule has 0 aliphatic heterocycles. The lowest BCUT2D eigenvalue weighted by atomic mass is 10.1. The highest BCUT2D eigenvalue weighted by Gasteiger charge is 2.03. The number of rotatable bonds is 1. The molecule has 3 rings (SSSR count). The molecule has 0 spiro atoms. The van der Waals surface area contributed by atoms with Gasteiger partial charge in [0.25, 0.3) is 0 Å². The Morgan fingerprint density at radius 1 is 0.944 bits per heavy atom. The maximum Gasteiger partial charge on any atom is 0.123 e. The molecule has 3 aromatic rings. The Hall–Kier alpha value is -1.93. The number of nitrogens with zero attached hydrogens (tertiary/aromatic N) is 1. The topological polar surface area (TPSA) is 12.9 Å². The molecule has 0 aliphatic carbocycles. The van der Waals surface area contributed by atoms with Gasteiger partial charge in [-0.15, -0.1) is 0 Å². The summed E-state index contributed by atoms with van der Waals surface area (Å²) in [7, 11) is 0. The van der Waals surface area contributed by atoms with E-state index in [1.54, 1.807) is 12.3 Å². The van der Waals surface area contributed by atoms with Gasteiger partial charge < -0.3 is 0 Å². The highest BCUT2D eigenvalue weighted by Crippen LogP contribution is 2.24. The molecule has 2 aromatic carbocycles. The van der Waals surface area contributed by atoms with Crippen LogP contribution >= 0.6 is 11.6 Å². The summed E-state index contributed by atoms with van der Waals surface area (Å²) in [5, 5.41) is 2.69. The van der Waals surface area contributed by atoms with Crippen LogP contribution in [0.4, 0.5) is 4.39 Å². The lowest BCUT2D eigenvalue weighted by Crippen LogP contribution is -1.85. The summed E-state index contributed by atoms with van der Waals surface area (Å²) in [6.45, 7) is 0. The van der Waals surface area contributed by atoms with Gasteiger partial charge in [-0.3, -0.25) is 4.98 Å². The van der Waals surface area contributed by atoms with E-state index in [-0.39, 0.29) is 5.82 Å². The highest BCUT2D eigenvalue weighted by molar-refractivity contribution is 6.31. The minimum atomic E-state index is -0.259. The quantitative estimate of drug-likeness (QED) is 0.616. The molecule has 0 amide bonds. The van der Waals surface area contributed by atoms with Crippen molar-refractivity contribution in [1.29, 1.82) is 0 Å². The first kappa shape index (κ1) is 11.2. The Labute approximate surface area is 109 Å². The van der Waals surface area contributed by atoms with Crippen molar-refractivity contribution >= 4 is 22.4 Å². The minimum absolute atomic E-state index is 0.259. The molecular formula is C15H9ClFN. The fraction of sp³-hybridized carbons (Fsp3) is 0. The van der Waals surface area contributed by atoms with E-state index in [0.717, 1.165) is 22.0 Å². The van der Waals surface area contributed by atoms with E-state index in [9.17, 15) is 4.39 Å². The van der Waals surface area contributed by atoms with Crippen LogP contribution in [0.3, 0.4) is 0 Å². The Kier molecular flexibility index (Phi) is 2.73. The van der Waals surface area contributed by atoms with Gasteiger partial charge in [0.15, 0.2) is 0 Å². The number of aromatic nitrogens is 1. The first-order valence-electron chi connectivity index (χ1n) is 5.54. The van der Waals surface area contributed by atoms with Crippen molar-refractivity contribution in [3.05, 3.63) is 65.6 Å². The average Bonchev–Trinajstić information content (AvgIpc) is 2.38. The fourth-order valence-electron chi connectivity index (χ4n) is 1.92. The van der Waals surface area contributed by atoms with Crippen LogP contribution in [0.2, 0.25) is 5.02 Å². The lowest BCUT2D eigenvalue weighted by Gasteiger charge is -2.03. The van der Waals surface area contributed by atoms with Gasteiger partial charge in [0, 0.05) is 22.2 Å². The first-order valence-corrected chi connectivity index (χ1v) is 5.91. The predicted octanol–water partition coefficient (Wildman–Crippen LogP) is 4.69. The molecule has 0 saturated carbocycles. The Morgan fingerprint density at radius 2 is 1.83 bits per heavy atom. The van der Waals surface area contributed by atoms with Gasteiger partial charge in [0.1, 0.15) is 5.82 Å². The first-order chi connectivity index (χ1) is 8.72. The van der Waals surface area contributed by atoms with Gasteiger partial charge in [-0.2, -0.15) is 0 Å². The zero-order chi connectivity index (χ0) is 12.5. The summed E-state index contributed by atoms with van der Waals surface area (Å²) in [5.74, 6) is -0.259. The normalized spacial score (nSPS) is 10.8. The number of pyridine rings is 1. The van der Waals surface area contributed by atoms with Crippen LogP contribution in [0.15, 0.2) is 54.7 Å². The lowest BCUT2D eigenvalue weighted by molar-refractivity contribution is 0.628. The van der Waals surface area contributed by atoms with Crippen LogP contribution in [0.1, 0.15) is 0 Å². The summed E-state index contributed by atoms with van der Waals surface area (Å²) in [5.41, 5.74) is 1.52. The van der Waals surface area contributed by atoms with Crippen LogP contribution < -0.4 is 0 Å². The molecule has 0 fully saturated rings. The second-order valence-corrected chi connectivity index (χ2v) is 4.51. The van der Waals surface area contributed by atoms with E-state index >= 15 is 0 Å². The van der Waals surface area contributed by atoms with E-state index in [4.69, 9.17) is 11.6 Å². The summed E-state index contributed by atoms with van der Waals surface area (Å²) >= 11 is 5.92. The molecular weight excluding hydrogens is 249 g/mol. The van der Waals surface area contributed by atoms with Crippen molar-refractivity contribution in [2.75, 3.05) is 0 Å². The molecule has 0 bridgehead atoms. The number of hydrogen-bond acceptors (Lipinski definition) is 1. The highest BCUT2D eigenvalue weighted by atomic mass is 35.5. The molecule has 0 unspecified atom stereocenters. The maximum absolute atomic E-state index is 13.2. The standard InChI is InChI=1S/C15H9ClFN/c16-13-5-4-10-8-15(18-9-12(10)6-13)11-2-1-3-14(17)7-11/h1-9H. The van der Waals surface area contributed by atoms with Crippen molar-refractivity contribution in [3.63, 3.8) is 0 Å². The fourth-order valence-corrected chi connectivity index (χ4v) is 2.10. The summed E-state index contributed by atoms with van der Waals surface area (Å²) in [4.78, 5) is 4.33. The van der Waals surface area contributed by atoms with Gasteiger partial charge >= 0.3 is 0 Å². The third-order valence-corrected chi connectivity index (χ3v) is 3.04. The molecule has 0 radical (unpaired) electrons. The van der Waals surface area contributed by atoms with Gasteiger partial charge in [0.05, 0.1) is 5.69 Å². The van der Waals surface area contributed by atoms with Crippen LogP contribution in [0, 0.1) is 5.82 Å². The second-order valence-electron chi connectivity index (χ2n) is 4.07. The third kappa shape index (κ3) is 2.07. The number of fused-ring (bicyclic) bond motifs is 1. The van der Waals surface area contributed by atoms with Crippen molar-refractivity contribution < 1.29 is 4.39 Å². The molecule has 0 aliphatic rings. The van der Waals surface area contributed by atoms with Crippen LogP contribution in [0.5, 0.6) is 0 Å². The predicted molar refractivity (Wildman–Crippen MR) is 72.1 cm³/mol. The van der Waals surface area contributed by atoms with Crippen LogP contribution in [-0.4, -0.2) is 4.98 Å². The molecule has 0 atom stereocenters. The van der Waals surface area contributed by atoms with Crippen molar-refractivity contribution in [2.45, 2.75) is 0 Å². The summed E-state index contributed by atoms with van der Waals surface area (Å²) in [6.07, 6.45) is 1.75.